The second-order valence-electron chi connectivity index (χ2n) is 2.02. The van der Waals surface area contributed by atoms with Crippen molar-refractivity contribution in [2.24, 2.45) is 5.73 Å². The van der Waals surface area contributed by atoms with Crippen LogP contribution in [-0.4, -0.2) is 17.3 Å². The monoisotopic (exact) mass is 116 g/mol. The summed E-state index contributed by atoms with van der Waals surface area (Å²) < 4.78 is 0. The van der Waals surface area contributed by atoms with Gasteiger partial charge in [0.25, 0.3) is 0 Å². The molecule has 0 aromatic heterocycles. The summed E-state index contributed by atoms with van der Waals surface area (Å²) in [6.07, 6.45) is 1.26. The Balaban J connectivity index is 3.17. The smallest absolute Gasteiger partial charge is 0.0692 e. The van der Waals surface area contributed by atoms with Crippen molar-refractivity contribution >= 4 is 0 Å². The van der Waals surface area contributed by atoms with E-state index in [0.29, 0.717) is 0 Å². The van der Waals surface area contributed by atoms with Crippen molar-refractivity contribution in [3.8, 4) is 0 Å². The number of nitrogens with two attached hydrogens (primary N) is 1. The van der Waals surface area contributed by atoms with Crippen molar-refractivity contribution in [3.05, 3.63) is 6.92 Å². The molecule has 0 aromatic rings. The molecule has 0 aliphatic carbocycles. The molecule has 0 spiro atoms. The van der Waals surface area contributed by atoms with Crippen molar-refractivity contribution in [2.45, 2.75) is 31.9 Å². The topological polar surface area (TPSA) is 46.2 Å². The maximum atomic E-state index is 8.72. The molecule has 2 nitrogen and oxygen atoms in total. The lowest BCUT2D eigenvalue weighted by Crippen LogP contribution is -2.31. The number of hydrogen-bond acceptors (Lipinski definition) is 2. The number of aliphatic hydroxyl groups is 1. The van der Waals surface area contributed by atoms with Gasteiger partial charge in [0.15, 0.2) is 0 Å². The zero-order valence-electron chi connectivity index (χ0n) is 5.30. The van der Waals surface area contributed by atoms with Gasteiger partial charge in [0.05, 0.1) is 6.10 Å². The van der Waals surface area contributed by atoms with Gasteiger partial charge in [0.1, 0.15) is 0 Å². The lowest BCUT2D eigenvalue weighted by atomic mass is 10.1. The van der Waals surface area contributed by atoms with E-state index in [-0.39, 0.29) is 6.04 Å². The van der Waals surface area contributed by atoms with Gasteiger partial charge in [-0.05, 0) is 13.3 Å². The van der Waals surface area contributed by atoms with Crippen molar-refractivity contribution in [1.82, 2.24) is 0 Å². The Bertz CT molecular complexity index is 54.5. The van der Waals surface area contributed by atoms with Crippen LogP contribution in [0.15, 0.2) is 0 Å². The van der Waals surface area contributed by atoms with Gasteiger partial charge >= 0.3 is 0 Å². The van der Waals surface area contributed by atoms with Crippen LogP contribution in [0.1, 0.15) is 19.8 Å². The Hall–Kier alpha value is -0.0800. The van der Waals surface area contributed by atoms with E-state index in [1.165, 1.54) is 0 Å². The van der Waals surface area contributed by atoms with Crippen LogP contribution in [0, 0.1) is 6.92 Å². The Labute approximate surface area is 50.7 Å². The molecule has 0 saturated carbocycles. The van der Waals surface area contributed by atoms with Crippen LogP contribution in [0.5, 0.6) is 0 Å². The minimum Gasteiger partial charge on any atom is -0.392 e. The highest BCUT2D eigenvalue weighted by atomic mass is 16.3. The van der Waals surface area contributed by atoms with Gasteiger partial charge in [0.2, 0.25) is 0 Å². The van der Waals surface area contributed by atoms with Gasteiger partial charge in [-0.15, -0.1) is 0 Å². The highest BCUT2D eigenvalue weighted by molar-refractivity contribution is 4.71. The Morgan fingerprint density at radius 3 is 2.38 bits per heavy atom. The average Bonchev–Trinajstić information content (AvgIpc) is 1.67. The average molecular weight is 116 g/mol. The van der Waals surface area contributed by atoms with Gasteiger partial charge in [-0.3, -0.25) is 0 Å². The molecule has 0 saturated heterocycles. The Morgan fingerprint density at radius 1 is 1.75 bits per heavy atom. The van der Waals surface area contributed by atoms with E-state index in [1.54, 1.807) is 0 Å². The van der Waals surface area contributed by atoms with E-state index in [9.17, 15) is 0 Å². The van der Waals surface area contributed by atoms with Crippen molar-refractivity contribution in [1.29, 1.82) is 0 Å². The molecular formula is C6H14NO. The summed E-state index contributed by atoms with van der Waals surface area (Å²) >= 11 is 0. The Kier molecular flexibility index (Phi) is 3.83. The molecule has 49 valence electrons. The lowest BCUT2D eigenvalue weighted by Gasteiger charge is -2.11. The molecule has 0 heterocycles. The van der Waals surface area contributed by atoms with Gasteiger partial charge in [-0.2, -0.15) is 0 Å². The van der Waals surface area contributed by atoms with Crippen molar-refractivity contribution < 1.29 is 5.11 Å². The van der Waals surface area contributed by atoms with Crippen LogP contribution in [0.3, 0.4) is 0 Å². The van der Waals surface area contributed by atoms with Crippen LogP contribution in [0.25, 0.3) is 0 Å². The molecule has 1 radical (unpaired) electrons. The van der Waals surface area contributed by atoms with E-state index in [2.05, 4.69) is 6.92 Å². The van der Waals surface area contributed by atoms with Gasteiger partial charge in [0, 0.05) is 6.04 Å². The van der Waals surface area contributed by atoms with Crippen LogP contribution in [0.4, 0.5) is 0 Å². The fourth-order valence-electron chi connectivity index (χ4n) is 0.526. The molecule has 2 unspecified atom stereocenters. The summed E-state index contributed by atoms with van der Waals surface area (Å²) in [5.74, 6) is 0. The third-order valence-corrected chi connectivity index (χ3v) is 1.12. The van der Waals surface area contributed by atoms with Crippen LogP contribution in [-0.2, 0) is 0 Å². The molecule has 0 fully saturated rings. The SMILES string of the molecule is [CH2]C(O)C(N)CCC. The van der Waals surface area contributed by atoms with Crippen molar-refractivity contribution in [2.75, 3.05) is 0 Å². The zero-order valence-corrected chi connectivity index (χ0v) is 5.30. The molecular weight excluding hydrogens is 102 g/mol. The first-order chi connectivity index (χ1) is 3.68. The molecule has 0 rings (SSSR count). The van der Waals surface area contributed by atoms with E-state index < -0.39 is 6.10 Å². The summed E-state index contributed by atoms with van der Waals surface area (Å²) in [5, 5.41) is 8.72. The van der Waals surface area contributed by atoms with E-state index >= 15 is 0 Å². The molecule has 2 heteroatoms. The minimum atomic E-state index is -0.602. The standard InChI is InChI=1S/C6H14NO/c1-3-4-6(7)5(2)8/h5-6,8H,2-4,7H2,1H3. The quantitative estimate of drug-likeness (QED) is 0.557. The first-order valence-electron chi connectivity index (χ1n) is 2.95. The molecule has 3 N–H and O–H groups in total. The largest absolute Gasteiger partial charge is 0.392 e. The maximum absolute atomic E-state index is 8.72. The van der Waals surface area contributed by atoms with E-state index in [1.807, 2.05) is 6.92 Å². The van der Waals surface area contributed by atoms with Crippen molar-refractivity contribution in [3.63, 3.8) is 0 Å². The first kappa shape index (κ1) is 7.92. The highest BCUT2D eigenvalue weighted by Crippen LogP contribution is 1.96. The van der Waals surface area contributed by atoms with Gasteiger partial charge in [-0.1, -0.05) is 13.3 Å². The lowest BCUT2D eigenvalue weighted by molar-refractivity contribution is 0.183. The van der Waals surface area contributed by atoms with Crippen LogP contribution in [0.2, 0.25) is 0 Å². The Morgan fingerprint density at radius 2 is 2.25 bits per heavy atom. The fraction of sp³-hybridized carbons (Fsp3) is 0.833. The molecule has 2 atom stereocenters. The second kappa shape index (κ2) is 3.87. The molecule has 0 aliphatic rings. The summed E-state index contributed by atoms with van der Waals surface area (Å²) in [7, 11) is 0. The minimum absolute atomic E-state index is 0.139. The second-order valence-corrected chi connectivity index (χ2v) is 2.02. The third-order valence-electron chi connectivity index (χ3n) is 1.12. The van der Waals surface area contributed by atoms with E-state index in [0.717, 1.165) is 12.8 Å². The predicted molar refractivity (Wildman–Crippen MR) is 34.2 cm³/mol. The van der Waals surface area contributed by atoms with Crippen LogP contribution < -0.4 is 5.73 Å². The third kappa shape index (κ3) is 2.99. The normalized spacial score (nSPS) is 18.0. The van der Waals surface area contributed by atoms with Crippen LogP contribution >= 0.6 is 0 Å². The highest BCUT2D eigenvalue weighted by Gasteiger charge is 2.05. The maximum Gasteiger partial charge on any atom is 0.0692 e. The molecule has 0 aliphatic heterocycles. The predicted octanol–water partition coefficient (Wildman–Crippen LogP) is 0.309. The summed E-state index contributed by atoms with van der Waals surface area (Å²) in [5.41, 5.74) is 5.41. The van der Waals surface area contributed by atoms with E-state index in [4.69, 9.17) is 10.8 Å². The number of aliphatic hydroxyl groups excluding tert-OH is 1. The number of hydrogen-bond donors (Lipinski definition) is 2. The van der Waals surface area contributed by atoms with Gasteiger partial charge in [-0.25, -0.2) is 0 Å². The molecule has 8 heavy (non-hydrogen) atoms. The summed E-state index contributed by atoms with van der Waals surface area (Å²) in [6.45, 7) is 5.42. The first-order valence-corrected chi connectivity index (χ1v) is 2.95. The molecule has 0 aromatic carbocycles. The molecule has 0 amide bonds. The zero-order chi connectivity index (χ0) is 6.57. The fourth-order valence-corrected chi connectivity index (χ4v) is 0.526. The molecule has 0 bridgehead atoms. The number of rotatable bonds is 3. The summed E-state index contributed by atoms with van der Waals surface area (Å²) in [6, 6.07) is -0.139. The summed E-state index contributed by atoms with van der Waals surface area (Å²) in [4.78, 5) is 0. The van der Waals surface area contributed by atoms with Gasteiger partial charge < -0.3 is 10.8 Å².